The molecule has 2 rings (SSSR count). The van der Waals surface area contributed by atoms with Gasteiger partial charge in [0.25, 0.3) is 0 Å². The number of benzene rings is 1. The van der Waals surface area contributed by atoms with Crippen LogP contribution in [0, 0.1) is 0 Å². The Balaban J connectivity index is 0.00000128. The van der Waals surface area contributed by atoms with E-state index in [-0.39, 0.29) is 35.3 Å². The van der Waals surface area contributed by atoms with Crippen LogP contribution >= 0.6 is 0 Å². The molecular formula is C11H7N2NaO2. The molecule has 2 aromatic rings. The number of rotatable bonds is 2. The van der Waals surface area contributed by atoms with E-state index >= 15 is 0 Å². The Labute approximate surface area is 115 Å². The molecule has 1 aromatic carbocycles. The average Bonchev–Trinajstić information content (AvgIpc) is 2.30. The molecule has 5 heteroatoms. The zero-order valence-corrected chi connectivity index (χ0v) is 10.8. The van der Waals surface area contributed by atoms with Crippen molar-refractivity contribution in [1.29, 1.82) is 0 Å². The van der Waals surface area contributed by atoms with Crippen LogP contribution in [-0.2, 0) is 0 Å². The van der Waals surface area contributed by atoms with E-state index in [1.165, 1.54) is 12.4 Å². The van der Waals surface area contributed by atoms with Crippen LogP contribution in [0.1, 0.15) is 10.5 Å². The molecule has 4 nitrogen and oxygen atoms in total. The van der Waals surface area contributed by atoms with Crippen molar-refractivity contribution in [2.24, 2.45) is 0 Å². The van der Waals surface area contributed by atoms with Crippen molar-refractivity contribution in [2.75, 3.05) is 0 Å². The predicted molar refractivity (Wildman–Crippen MR) is 51.8 cm³/mol. The van der Waals surface area contributed by atoms with E-state index in [0.717, 1.165) is 5.56 Å². The second-order valence-corrected chi connectivity index (χ2v) is 2.94. The van der Waals surface area contributed by atoms with Gasteiger partial charge in [0, 0.05) is 5.56 Å². The summed E-state index contributed by atoms with van der Waals surface area (Å²) in [5.74, 6) is -1.30. The fourth-order valence-corrected chi connectivity index (χ4v) is 1.24. The summed E-state index contributed by atoms with van der Waals surface area (Å²) in [6.07, 6.45) is 1.22. The fraction of sp³-hybridized carbons (Fsp3) is 0. The van der Waals surface area contributed by atoms with E-state index in [2.05, 4.69) is 9.97 Å². The Morgan fingerprint density at radius 2 is 1.81 bits per heavy atom. The first-order chi connectivity index (χ1) is 7.27. The summed E-state index contributed by atoms with van der Waals surface area (Å²) in [5.41, 5.74) is 1.32. The molecule has 0 bridgehead atoms. The molecule has 0 saturated carbocycles. The average molecular weight is 222 g/mol. The third kappa shape index (κ3) is 2.88. The summed E-state index contributed by atoms with van der Waals surface area (Å²) in [5, 5.41) is 10.6. The maximum absolute atomic E-state index is 10.6. The van der Waals surface area contributed by atoms with Gasteiger partial charge in [-0.05, 0) is 6.07 Å². The molecule has 0 aliphatic rings. The summed E-state index contributed by atoms with van der Waals surface area (Å²) in [7, 11) is 0. The van der Waals surface area contributed by atoms with Crippen LogP contribution in [0.25, 0.3) is 11.3 Å². The van der Waals surface area contributed by atoms with Gasteiger partial charge in [0.2, 0.25) is 0 Å². The molecule has 0 N–H and O–H groups in total. The first kappa shape index (κ1) is 12.8. The molecule has 0 saturated heterocycles. The largest absolute Gasteiger partial charge is 1.00 e. The minimum absolute atomic E-state index is 0. The molecule has 0 unspecified atom stereocenters. The zero-order chi connectivity index (χ0) is 10.7. The van der Waals surface area contributed by atoms with Crippen LogP contribution in [-0.4, -0.2) is 15.9 Å². The molecule has 16 heavy (non-hydrogen) atoms. The fourth-order valence-electron chi connectivity index (χ4n) is 1.24. The van der Waals surface area contributed by atoms with Gasteiger partial charge in [-0.3, -0.25) is 0 Å². The topological polar surface area (TPSA) is 65.9 Å². The molecule has 74 valence electrons. The summed E-state index contributed by atoms with van der Waals surface area (Å²) in [6.45, 7) is 0. The van der Waals surface area contributed by atoms with E-state index in [9.17, 15) is 9.90 Å². The molecule has 0 radical (unpaired) electrons. The van der Waals surface area contributed by atoms with Crippen LogP contribution in [0.3, 0.4) is 0 Å². The number of carboxylic acid groups (broad SMARTS) is 1. The Bertz CT molecular complexity index is 488. The van der Waals surface area contributed by atoms with Gasteiger partial charge in [0.15, 0.2) is 0 Å². The van der Waals surface area contributed by atoms with Crippen LogP contribution in [0.2, 0.25) is 0 Å². The van der Waals surface area contributed by atoms with Gasteiger partial charge < -0.3 is 9.90 Å². The SMILES string of the molecule is O=C([O-])c1cc(-c2ccccc2)ncn1.[Na+]. The van der Waals surface area contributed by atoms with Gasteiger partial charge in [0.1, 0.15) is 6.33 Å². The summed E-state index contributed by atoms with van der Waals surface area (Å²) in [4.78, 5) is 18.2. The van der Waals surface area contributed by atoms with Gasteiger partial charge in [-0.1, -0.05) is 30.3 Å². The van der Waals surface area contributed by atoms with E-state index in [0.29, 0.717) is 5.69 Å². The normalized spacial score (nSPS) is 9.25. The third-order valence-electron chi connectivity index (χ3n) is 1.95. The van der Waals surface area contributed by atoms with Crippen LogP contribution < -0.4 is 34.7 Å². The first-order valence-electron chi connectivity index (χ1n) is 4.36. The van der Waals surface area contributed by atoms with Crippen molar-refractivity contribution in [3.8, 4) is 11.3 Å². The van der Waals surface area contributed by atoms with E-state index in [1.54, 1.807) is 0 Å². The molecule has 0 atom stereocenters. The van der Waals surface area contributed by atoms with Gasteiger partial charge >= 0.3 is 29.6 Å². The third-order valence-corrected chi connectivity index (χ3v) is 1.95. The smallest absolute Gasteiger partial charge is 0.543 e. The Morgan fingerprint density at radius 1 is 1.12 bits per heavy atom. The Hall–Kier alpha value is -1.23. The minimum atomic E-state index is -1.30. The molecule has 1 heterocycles. The zero-order valence-electron chi connectivity index (χ0n) is 8.75. The second kappa shape index (κ2) is 5.75. The van der Waals surface area contributed by atoms with Crippen molar-refractivity contribution in [2.45, 2.75) is 0 Å². The maximum Gasteiger partial charge on any atom is 1.00 e. The van der Waals surface area contributed by atoms with Crippen molar-refractivity contribution in [1.82, 2.24) is 9.97 Å². The number of carboxylic acids is 1. The van der Waals surface area contributed by atoms with Gasteiger partial charge in [-0.15, -0.1) is 0 Å². The monoisotopic (exact) mass is 222 g/mol. The molecule has 0 aliphatic heterocycles. The van der Waals surface area contributed by atoms with Gasteiger partial charge in [-0.2, -0.15) is 0 Å². The maximum atomic E-state index is 10.6. The van der Waals surface area contributed by atoms with Crippen LogP contribution in [0.5, 0.6) is 0 Å². The number of carbonyl (C=O) groups is 1. The molecule has 1 aromatic heterocycles. The Morgan fingerprint density at radius 3 is 2.44 bits per heavy atom. The molecule has 0 amide bonds. The predicted octanol–water partition coefficient (Wildman–Crippen LogP) is -2.49. The van der Waals surface area contributed by atoms with Crippen molar-refractivity contribution >= 4 is 5.97 Å². The number of hydrogen-bond donors (Lipinski definition) is 0. The quantitative estimate of drug-likeness (QED) is 0.527. The standard InChI is InChI=1S/C11H8N2O2.Na/c14-11(15)10-6-9(12-7-13-10)8-4-2-1-3-5-8;/h1-7H,(H,14,15);/q;+1/p-1. The molecule has 0 spiro atoms. The molecule has 0 fully saturated rings. The van der Waals surface area contributed by atoms with E-state index in [1.807, 2.05) is 30.3 Å². The van der Waals surface area contributed by atoms with Crippen LogP contribution in [0.4, 0.5) is 0 Å². The first-order valence-corrected chi connectivity index (χ1v) is 4.36. The number of aromatic carboxylic acids is 1. The number of nitrogens with zero attached hydrogens (tertiary/aromatic N) is 2. The summed E-state index contributed by atoms with van der Waals surface area (Å²) >= 11 is 0. The minimum Gasteiger partial charge on any atom is -0.543 e. The summed E-state index contributed by atoms with van der Waals surface area (Å²) in [6, 6.07) is 10.7. The molecule has 0 aliphatic carbocycles. The van der Waals surface area contributed by atoms with E-state index in [4.69, 9.17) is 0 Å². The van der Waals surface area contributed by atoms with E-state index < -0.39 is 5.97 Å². The Kier molecular flexibility index (Phi) is 4.61. The second-order valence-electron chi connectivity index (χ2n) is 2.94. The van der Waals surface area contributed by atoms with Gasteiger partial charge in [0.05, 0.1) is 17.4 Å². The van der Waals surface area contributed by atoms with Crippen molar-refractivity contribution in [3.63, 3.8) is 0 Å². The van der Waals surface area contributed by atoms with Crippen molar-refractivity contribution in [3.05, 3.63) is 48.4 Å². The number of carbonyl (C=O) groups excluding carboxylic acids is 1. The van der Waals surface area contributed by atoms with Crippen molar-refractivity contribution < 1.29 is 39.5 Å². The number of hydrogen-bond acceptors (Lipinski definition) is 4. The summed E-state index contributed by atoms with van der Waals surface area (Å²) < 4.78 is 0. The van der Waals surface area contributed by atoms with Gasteiger partial charge in [-0.25, -0.2) is 9.97 Å². The molecular weight excluding hydrogens is 215 g/mol. The number of aromatic nitrogens is 2. The van der Waals surface area contributed by atoms with Crippen LogP contribution in [0.15, 0.2) is 42.7 Å².